The minimum absolute atomic E-state index is 0.00902. The van der Waals surface area contributed by atoms with E-state index in [4.69, 9.17) is 0 Å². The number of benzene rings is 1. The molecule has 1 atom stereocenters. The Morgan fingerprint density at radius 3 is 2.56 bits per heavy atom. The molecule has 1 N–H and O–H groups in total. The Hall–Kier alpha value is -2.58. The van der Waals surface area contributed by atoms with Crippen molar-refractivity contribution in [3.63, 3.8) is 0 Å². The Bertz CT molecular complexity index is 989. The molecule has 3 rings (SSSR count). The fourth-order valence-electron chi connectivity index (χ4n) is 2.60. The summed E-state index contributed by atoms with van der Waals surface area (Å²) in [5.74, 6) is -0.781. The molecule has 0 unspecified atom stereocenters. The third kappa shape index (κ3) is 4.78. The number of thiophene rings is 1. The van der Waals surface area contributed by atoms with Crippen molar-refractivity contribution in [2.45, 2.75) is 16.6 Å². The zero-order valence-corrected chi connectivity index (χ0v) is 15.8. The molecule has 0 saturated carbocycles. The molecule has 0 saturated heterocycles. The third-order valence-corrected chi connectivity index (χ3v) is 6.97. The van der Waals surface area contributed by atoms with Gasteiger partial charge in [0.25, 0.3) is 0 Å². The van der Waals surface area contributed by atoms with Crippen molar-refractivity contribution >= 4 is 27.1 Å². The molecule has 0 aliphatic heterocycles. The second-order valence-corrected chi connectivity index (χ2v) is 9.00. The lowest BCUT2D eigenvalue weighted by molar-refractivity contribution is -0.120. The van der Waals surface area contributed by atoms with Crippen LogP contribution in [0.1, 0.15) is 15.7 Å². The number of pyridine rings is 1. The minimum Gasteiger partial charge on any atom is -0.354 e. The molecule has 1 aromatic carbocycles. The summed E-state index contributed by atoms with van der Waals surface area (Å²) < 4.78 is 39.3. The molecule has 1 amide bonds. The van der Waals surface area contributed by atoms with Crippen LogP contribution < -0.4 is 5.32 Å². The number of nitrogens with one attached hydrogen (secondary N) is 1. The molecule has 27 heavy (non-hydrogen) atoms. The molecule has 0 spiro atoms. The average Bonchev–Trinajstić information content (AvgIpc) is 3.16. The van der Waals surface area contributed by atoms with E-state index < -0.39 is 20.9 Å². The lowest BCUT2D eigenvalue weighted by atomic mass is 10.2. The summed E-state index contributed by atoms with van der Waals surface area (Å²) in [6.45, 7) is -0.102. The number of carbonyl (C=O) groups is 1. The Kier molecular flexibility index (Phi) is 5.98. The molecule has 0 bridgehead atoms. The van der Waals surface area contributed by atoms with Crippen LogP contribution in [0.4, 0.5) is 4.39 Å². The standard InChI is InChI=1S/C19H17FN2O3S2/c20-15-5-7-17(8-6-15)27(24,25)18(14-3-1-9-21-12-14)13-22-19(23)11-16-4-2-10-26-16/h1-10,12,18H,11,13H2,(H,22,23)/t18-/m1/s1. The first-order valence-corrected chi connectivity index (χ1v) is 10.6. The Morgan fingerprint density at radius 1 is 1.15 bits per heavy atom. The number of aromatic nitrogens is 1. The topological polar surface area (TPSA) is 76.1 Å². The summed E-state index contributed by atoms with van der Waals surface area (Å²) in [6, 6.07) is 11.6. The van der Waals surface area contributed by atoms with Gasteiger partial charge in [0.05, 0.1) is 11.3 Å². The zero-order chi connectivity index (χ0) is 19.3. The van der Waals surface area contributed by atoms with E-state index in [1.807, 2.05) is 17.5 Å². The van der Waals surface area contributed by atoms with Crippen LogP contribution in [0.15, 0.2) is 71.2 Å². The first kappa shape index (κ1) is 19.2. The smallest absolute Gasteiger partial charge is 0.225 e. The SMILES string of the molecule is O=C(Cc1cccs1)NC[C@H](c1cccnc1)S(=O)(=O)c1ccc(F)cc1. The summed E-state index contributed by atoms with van der Waals surface area (Å²) in [4.78, 5) is 17.1. The quantitative estimate of drug-likeness (QED) is 0.614. The van der Waals surface area contributed by atoms with Gasteiger partial charge in [-0.25, -0.2) is 12.8 Å². The first-order chi connectivity index (χ1) is 13.0. The fourth-order valence-corrected chi connectivity index (χ4v) is 4.95. The van der Waals surface area contributed by atoms with Gasteiger partial charge in [0, 0.05) is 23.8 Å². The molecule has 0 radical (unpaired) electrons. The highest BCUT2D eigenvalue weighted by Crippen LogP contribution is 2.28. The van der Waals surface area contributed by atoms with Crippen LogP contribution in [0.5, 0.6) is 0 Å². The number of halogens is 1. The number of sulfone groups is 1. The highest BCUT2D eigenvalue weighted by atomic mass is 32.2. The van der Waals surface area contributed by atoms with E-state index in [1.54, 1.807) is 18.3 Å². The second kappa shape index (κ2) is 8.41. The molecule has 140 valence electrons. The minimum atomic E-state index is -3.85. The van der Waals surface area contributed by atoms with Crippen LogP contribution in [-0.4, -0.2) is 25.9 Å². The maximum atomic E-state index is 13.2. The van der Waals surface area contributed by atoms with Crippen LogP contribution in [0.2, 0.25) is 0 Å². The molecule has 0 aliphatic carbocycles. The lowest BCUT2D eigenvalue weighted by Crippen LogP contribution is -2.32. The lowest BCUT2D eigenvalue weighted by Gasteiger charge is -2.18. The van der Waals surface area contributed by atoms with Gasteiger partial charge in [-0.3, -0.25) is 9.78 Å². The van der Waals surface area contributed by atoms with Gasteiger partial charge in [-0.05, 0) is 47.3 Å². The van der Waals surface area contributed by atoms with Gasteiger partial charge >= 0.3 is 0 Å². The van der Waals surface area contributed by atoms with Crippen LogP contribution in [0.25, 0.3) is 0 Å². The molecule has 0 fully saturated rings. The van der Waals surface area contributed by atoms with Crippen LogP contribution in [-0.2, 0) is 21.1 Å². The van der Waals surface area contributed by atoms with Crippen LogP contribution >= 0.6 is 11.3 Å². The molecule has 3 aromatic rings. The van der Waals surface area contributed by atoms with Crippen LogP contribution in [0, 0.1) is 5.82 Å². The molecule has 2 aromatic heterocycles. The number of nitrogens with zero attached hydrogens (tertiary/aromatic N) is 1. The van der Waals surface area contributed by atoms with Gasteiger partial charge in [-0.15, -0.1) is 11.3 Å². The normalized spacial score (nSPS) is 12.5. The molecular weight excluding hydrogens is 387 g/mol. The predicted molar refractivity (Wildman–Crippen MR) is 102 cm³/mol. The Morgan fingerprint density at radius 2 is 1.93 bits per heavy atom. The summed E-state index contributed by atoms with van der Waals surface area (Å²) in [5, 5.41) is 3.54. The fraction of sp³-hybridized carbons (Fsp3) is 0.158. The van der Waals surface area contributed by atoms with Crippen molar-refractivity contribution in [2.75, 3.05) is 6.54 Å². The zero-order valence-electron chi connectivity index (χ0n) is 14.2. The largest absolute Gasteiger partial charge is 0.354 e. The van der Waals surface area contributed by atoms with Gasteiger partial charge in [0.2, 0.25) is 5.91 Å². The van der Waals surface area contributed by atoms with E-state index in [9.17, 15) is 17.6 Å². The summed E-state index contributed by atoms with van der Waals surface area (Å²) in [7, 11) is -3.85. The average molecular weight is 404 g/mol. The maximum Gasteiger partial charge on any atom is 0.225 e. The summed E-state index contributed by atoms with van der Waals surface area (Å²) in [5.41, 5.74) is 0.457. The third-order valence-electron chi connectivity index (χ3n) is 3.97. The van der Waals surface area contributed by atoms with E-state index in [2.05, 4.69) is 10.3 Å². The van der Waals surface area contributed by atoms with Crippen LogP contribution in [0.3, 0.4) is 0 Å². The van der Waals surface area contributed by atoms with Gasteiger partial charge < -0.3 is 5.32 Å². The van der Waals surface area contributed by atoms with Gasteiger partial charge in [0.1, 0.15) is 11.1 Å². The summed E-state index contributed by atoms with van der Waals surface area (Å²) in [6.07, 6.45) is 3.19. The van der Waals surface area contributed by atoms with Gasteiger partial charge in [0.15, 0.2) is 9.84 Å². The van der Waals surface area contributed by atoms with E-state index in [0.717, 1.165) is 17.0 Å². The van der Waals surface area contributed by atoms with Crippen molar-refractivity contribution in [3.8, 4) is 0 Å². The number of carbonyl (C=O) groups excluding carboxylic acids is 1. The molecule has 2 heterocycles. The maximum absolute atomic E-state index is 13.2. The van der Waals surface area contributed by atoms with Crippen molar-refractivity contribution in [3.05, 3.63) is 82.6 Å². The highest BCUT2D eigenvalue weighted by molar-refractivity contribution is 7.91. The number of amides is 1. The van der Waals surface area contributed by atoms with Crippen molar-refractivity contribution in [2.24, 2.45) is 0 Å². The van der Waals surface area contributed by atoms with Crippen molar-refractivity contribution in [1.82, 2.24) is 10.3 Å². The second-order valence-electron chi connectivity index (χ2n) is 5.83. The molecule has 8 heteroatoms. The first-order valence-electron chi connectivity index (χ1n) is 8.15. The van der Waals surface area contributed by atoms with Gasteiger partial charge in [-0.2, -0.15) is 0 Å². The highest BCUT2D eigenvalue weighted by Gasteiger charge is 2.30. The van der Waals surface area contributed by atoms with E-state index in [1.165, 1.54) is 29.7 Å². The van der Waals surface area contributed by atoms with E-state index >= 15 is 0 Å². The summed E-state index contributed by atoms with van der Waals surface area (Å²) >= 11 is 1.46. The number of hydrogen-bond donors (Lipinski definition) is 1. The predicted octanol–water partition coefficient (Wildman–Crippen LogP) is 3.16. The van der Waals surface area contributed by atoms with Crippen molar-refractivity contribution < 1.29 is 17.6 Å². The Labute approximate surface area is 160 Å². The molecular formula is C19H17FN2O3S2. The number of rotatable bonds is 7. The van der Waals surface area contributed by atoms with Crippen molar-refractivity contribution in [1.29, 1.82) is 0 Å². The molecule has 0 aliphatic rings. The Balaban J connectivity index is 1.83. The monoisotopic (exact) mass is 404 g/mol. The number of hydrogen-bond acceptors (Lipinski definition) is 5. The van der Waals surface area contributed by atoms with E-state index in [0.29, 0.717) is 5.56 Å². The molecule has 5 nitrogen and oxygen atoms in total. The van der Waals surface area contributed by atoms with Gasteiger partial charge in [-0.1, -0.05) is 12.1 Å². The van der Waals surface area contributed by atoms with E-state index in [-0.39, 0.29) is 23.8 Å².